The van der Waals surface area contributed by atoms with Crippen LogP contribution in [0, 0.1) is 40.4 Å². The molecule has 1 heterocycles. The van der Waals surface area contributed by atoms with Gasteiger partial charge in [-0.1, -0.05) is 38.5 Å². The molecule has 0 radical (unpaired) electrons. The standard InChI is InChI=1S/C28H35NO3S/c1-17-12-20-21-7-8-22(25(32)16-33-15-18-6-4-5-11-29-18)28(21,3)14-24(31)26(20)27(2)10-9-19(30)13-23(17)27/h4-6,9-11,13,17,20-22,24,26,31H,7-8,12,14-16H2,1-3H3/t17-,20?,21?,22?,24-,26?,27?,28?/m0/s1. The van der Waals surface area contributed by atoms with E-state index in [4.69, 9.17) is 0 Å². The average Bonchev–Trinajstić information content (AvgIpc) is 3.12. The van der Waals surface area contributed by atoms with E-state index in [1.807, 2.05) is 24.3 Å². The van der Waals surface area contributed by atoms with Crippen molar-refractivity contribution in [2.24, 2.45) is 40.4 Å². The first kappa shape index (κ1) is 23.0. The van der Waals surface area contributed by atoms with Gasteiger partial charge in [-0.2, -0.15) is 0 Å². The summed E-state index contributed by atoms with van der Waals surface area (Å²) in [5.41, 5.74) is 1.79. The fourth-order valence-electron chi connectivity index (χ4n) is 8.12. The third-order valence-electron chi connectivity index (χ3n) is 9.42. The van der Waals surface area contributed by atoms with E-state index in [2.05, 4.69) is 31.8 Å². The van der Waals surface area contributed by atoms with Crippen molar-refractivity contribution >= 4 is 23.3 Å². The van der Waals surface area contributed by atoms with Crippen LogP contribution in [0.2, 0.25) is 0 Å². The first-order valence-corrected chi connectivity index (χ1v) is 13.5. The van der Waals surface area contributed by atoms with Crippen molar-refractivity contribution in [1.82, 2.24) is 4.98 Å². The first-order chi connectivity index (χ1) is 15.7. The molecule has 3 saturated carbocycles. The number of pyridine rings is 1. The number of carbonyl (C=O) groups is 2. The summed E-state index contributed by atoms with van der Waals surface area (Å²) < 4.78 is 0. The van der Waals surface area contributed by atoms with Crippen LogP contribution in [0.3, 0.4) is 0 Å². The van der Waals surface area contributed by atoms with Crippen LogP contribution < -0.4 is 0 Å². The van der Waals surface area contributed by atoms with Crippen molar-refractivity contribution in [1.29, 1.82) is 0 Å². The number of allylic oxidation sites excluding steroid dienone is 4. The number of aliphatic hydroxyl groups excluding tert-OH is 1. The van der Waals surface area contributed by atoms with Crippen LogP contribution in [0.1, 0.15) is 52.1 Å². The Morgan fingerprint density at radius 3 is 2.85 bits per heavy atom. The van der Waals surface area contributed by atoms with Crippen molar-refractivity contribution in [3.8, 4) is 0 Å². The molecular weight excluding hydrogens is 430 g/mol. The normalized spacial score (nSPS) is 41.7. The maximum absolute atomic E-state index is 13.4. The molecule has 5 heteroatoms. The Morgan fingerprint density at radius 2 is 2.09 bits per heavy atom. The highest BCUT2D eigenvalue weighted by molar-refractivity contribution is 7.99. The van der Waals surface area contributed by atoms with Gasteiger partial charge >= 0.3 is 0 Å². The van der Waals surface area contributed by atoms with Crippen LogP contribution in [0.5, 0.6) is 0 Å². The van der Waals surface area contributed by atoms with Gasteiger partial charge < -0.3 is 5.11 Å². The molecule has 4 aliphatic rings. The largest absolute Gasteiger partial charge is 0.393 e. The lowest BCUT2D eigenvalue weighted by Gasteiger charge is -2.60. The topological polar surface area (TPSA) is 67.3 Å². The van der Waals surface area contributed by atoms with Gasteiger partial charge in [-0.3, -0.25) is 14.6 Å². The number of aromatic nitrogens is 1. The molecule has 1 aromatic heterocycles. The number of carbonyl (C=O) groups excluding carboxylic acids is 2. The average molecular weight is 466 g/mol. The molecule has 1 aromatic rings. The Bertz CT molecular complexity index is 1000. The second kappa shape index (κ2) is 8.49. The van der Waals surface area contributed by atoms with Crippen molar-refractivity contribution in [3.05, 3.63) is 53.9 Å². The summed E-state index contributed by atoms with van der Waals surface area (Å²) in [6, 6.07) is 5.90. The van der Waals surface area contributed by atoms with Crippen LogP contribution in [-0.2, 0) is 15.3 Å². The number of nitrogens with zero attached hydrogens (tertiary/aromatic N) is 1. The van der Waals surface area contributed by atoms with Gasteiger partial charge in [-0.05, 0) is 73.1 Å². The number of hydrogen-bond donors (Lipinski definition) is 1. The number of Topliss-reactive ketones (excluding diaryl/α,β-unsaturated/α-hetero) is 1. The van der Waals surface area contributed by atoms with Gasteiger partial charge in [0.05, 0.1) is 17.6 Å². The van der Waals surface area contributed by atoms with Crippen LogP contribution in [0.25, 0.3) is 0 Å². The minimum atomic E-state index is -0.454. The summed E-state index contributed by atoms with van der Waals surface area (Å²) in [5, 5.41) is 11.5. The highest BCUT2D eigenvalue weighted by atomic mass is 32.2. The van der Waals surface area contributed by atoms with Crippen LogP contribution in [0.15, 0.2) is 48.2 Å². The quantitative estimate of drug-likeness (QED) is 0.661. The van der Waals surface area contributed by atoms with Gasteiger partial charge in [0.2, 0.25) is 0 Å². The van der Waals surface area contributed by atoms with Crippen LogP contribution in [-0.4, -0.2) is 33.5 Å². The number of thioether (sulfide) groups is 1. The second-order valence-electron chi connectivity index (χ2n) is 11.2. The molecule has 176 valence electrons. The maximum atomic E-state index is 13.4. The predicted molar refractivity (Wildman–Crippen MR) is 131 cm³/mol. The molecule has 8 atom stereocenters. The minimum absolute atomic E-state index is 0.0258. The molecule has 3 fully saturated rings. The highest BCUT2D eigenvalue weighted by Gasteiger charge is 2.63. The number of ketones is 2. The molecule has 0 saturated heterocycles. The van der Waals surface area contributed by atoms with E-state index in [9.17, 15) is 14.7 Å². The van der Waals surface area contributed by atoms with Gasteiger partial charge in [0, 0.05) is 29.2 Å². The summed E-state index contributed by atoms with van der Waals surface area (Å²) in [6.07, 6.45) is 10.6. The Balaban J connectivity index is 1.34. The molecule has 0 aromatic carbocycles. The van der Waals surface area contributed by atoms with Gasteiger partial charge in [0.1, 0.15) is 5.78 Å². The Hall–Kier alpha value is -1.72. The smallest absolute Gasteiger partial charge is 0.178 e. The van der Waals surface area contributed by atoms with Crippen molar-refractivity contribution < 1.29 is 14.7 Å². The Labute approximate surface area is 201 Å². The van der Waals surface area contributed by atoms with E-state index in [-0.39, 0.29) is 28.4 Å². The lowest BCUT2D eigenvalue weighted by atomic mass is 9.45. The number of aliphatic hydroxyl groups is 1. The molecule has 0 spiro atoms. The van der Waals surface area contributed by atoms with Crippen molar-refractivity contribution in [3.63, 3.8) is 0 Å². The molecule has 4 aliphatic carbocycles. The minimum Gasteiger partial charge on any atom is -0.393 e. The highest BCUT2D eigenvalue weighted by Crippen LogP contribution is 2.66. The second-order valence-corrected chi connectivity index (χ2v) is 12.2. The number of fused-ring (bicyclic) bond motifs is 5. The summed E-state index contributed by atoms with van der Waals surface area (Å²) in [6.45, 7) is 6.72. The van der Waals surface area contributed by atoms with Crippen molar-refractivity contribution in [2.45, 2.75) is 58.3 Å². The summed E-state index contributed by atoms with van der Waals surface area (Å²) in [7, 11) is 0. The predicted octanol–water partition coefficient (Wildman–Crippen LogP) is 5.02. The zero-order chi connectivity index (χ0) is 23.4. The molecule has 4 nitrogen and oxygen atoms in total. The maximum Gasteiger partial charge on any atom is 0.178 e. The number of rotatable bonds is 5. The summed E-state index contributed by atoms with van der Waals surface area (Å²) in [5.74, 6) is 2.97. The molecule has 0 aliphatic heterocycles. The molecule has 33 heavy (non-hydrogen) atoms. The van der Waals surface area contributed by atoms with Crippen LogP contribution in [0.4, 0.5) is 0 Å². The Kier molecular flexibility index (Phi) is 5.93. The zero-order valence-electron chi connectivity index (χ0n) is 19.9. The fraction of sp³-hybridized carbons (Fsp3) is 0.607. The molecule has 0 amide bonds. The molecule has 6 unspecified atom stereocenters. The van der Waals surface area contributed by atoms with Gasteiger partial charge in [0.25, 0.3) is 0 Å². The molecule has 0 bridgehead atoms. The van der Waals surface area contributed by atoms with E-state index in [0.717, 1.165) is 30.7 Å². The first-order valence-electron chi connectivity index (χ1n) is 12.4. The summed E-state index contributed by atoms with van der Waals surface area (Å²) >= 11 is 1.65. The molecular formula is C28H35NO3S. The van der Waals surface area contributed by atoms with E-state index < -0.39 is 6.10 Å². The van der Waals surface area contributed by atoms with Crippen molar-refractivity contribution in [2.75, 3.05) is 5.75 Å². The molecule has 1 N–H and O–H groups in total. The Morgan fingerprint density at radius 1 is 1.27 bits per heavy atom. The van der Waals surface area contributed by atoms with E-state index in [1.165, 1.54) is 5.57 Å². The number of hydrogen-bond acceptors (Lipinski definition) is 5. The van der Waals surface area contributed by atoms with Gasteiger partial charge in [0.15, 0.2) is 5.78 Å². The third-order valence-corrected chi connectivity index (χ3v) is 10.4. The van der Waals surface area contributed by atoms with Gasteiger partial charge in [-0.25, -0.2) is 0 Å². The molecule has 5 rings (SSSR count). The van der Waals surface area contributed by atoms with Gasteiger partial charge in [-0.15, -0.1) is 11.8 Å². The zero-order valence-corrected chi connectivity index (χ0v) is 20.7. The van der Waals surface area contributed by atoms with E-state index in [1.54, 1.807) is 24.0 Å². The van der Waals surface area contributed by atoms with E-state index in [0.29, 0.717) is 35.7 Å². The monoisotopic (exact) mass is 465 g/mol. The lowest BCUT2D eigenvalue weighted by molar-refractivity contribution is -0.139. The van der Waals surface area contributed by atoms with Crippen LogP contribution >= 0.6 is 11.8 Å². The van der Waals surface area contributed by atoms with E-state index >= 15 is 0 Å². The SMILES string of the molecule is C[C@H]1CC2C([C@@H](O)CC3(C)C(C(=O)CSCc4ccccn4)CCC23)C2(C)C=CC(=O)C=C12. The third kappa shape index (κ3) is 3.76. The fourth-order valence-corrected chi connectivity index (χ4v) is 9.00. The lowest BCUT2D eigenvalue weighted by Crippen LogP contribution is -2.57. The summed E-state index contributed by atoms with van der Waals surface area (Å²) in [4.78, 5) is 29.8.